The molecule has 1 N–H and O–H groups in total. The van der Waals surface area contributed by atoms with Gasteiger partial charge >= 0.3 is 5.97 Å². The van der Waals surface area contributed by atoms with Crippen LogP contribution in [0.5, 0.6) is 0 Å². The molecule has 1 heterocycles. The standard InChI is InChI=1S/C13H24N2O3/c1-9(2)15-10(8-11(16)18-5)12(17)14-7-6-13(15,3)4/h9-10H,6-8H2,1-5H3,(H,14,17). The van der Waals surface area contributed by atoms with Gasteiger partial charge in [-0.3, -0.25) is 14.5 Å². The Bertz CT molecular complexity index is 326. The maximum atomic E-state index is 12.1. The van der Waals surface area contributed by atoms with E-state index in [0.29, 0.717) is 6.54 Å². The molecule has 0 aromatic carbocycles. The number of carbonyl (C=O) groups excluding carboxylic acids is 2. The van der Waals surface area contributed by atoms with Crippen molar-refractivity contribution in [1.82, 2.24) is 10.2 Å². The van der Waals surface area contributed by atoms with Gasteiger partial charge in [-0.2, -0.15) is 0 Å². The van der Waals surface area contributed by atoms with Crippen LogP contribution in [-0.2, 0) is 14.3 Å². The summed E-state index contributed by atoms with van der Waals surface area (Å²) in [6.45, 7) is 8.96. The summed E-state index contributed by atoms with van der Waals surface area (Å²) in [5, 5.41) is 2.88. The van der Waals surface area contributed by atoms with Gasteiger partial charge in [0, 0.05) is 18.1 Å². The molecular weight excluding hydrogens is 232 g/mol. The highest BCUT2D eigenvalue weighted by Crippen LogP contribution is 2.28. The molecule has 0 spiro atoms. The first-order valence-corrected chi connectivity index (χ1v) is 6.42. The zero-order valence-corrected chi connectivity index (χ0v) is 11.9. The van der Waals surface area contributed by atoms with Gasteiger partial charge in [-0.1, -0.05) is 0 Å². The Morgan fingerprint density at radius 2 is 2.17 bits per heavy atom. The minimum absolute atomic E-state index is 0.0836. The Hall–Kier alpha value is -1.10. The van der Waals surface area contributed by atoms with Crippen molar-refractivity contribution in [2.24, 2.45) is 0 Å². The highest BCUT2D eigenvalue weighted by molar-refractivity contribution is 5.87. The van der Waals surface area contributed by atoms with Gasteiger partial charge in [0.15, 0.2) is 0 Å². The Balaban J connectivity index is 3.03. The maximum absolute atomic E-state index is 12.1. The van der Waals surface area contributed by atoms with Crippen molar-refractivity contribution in [2.45, 2.75) is 58.2 Å². The summed E-state index contributed by atoms with van der Waals surface area (Å²) in [7, 11) is 1.35. The molecule has 1 rings (SSSR count). The minimum atomic E-state index is -0.449. The fourth-order valence-corrected chi connectivity index (χ4v) is 2.78. The van der Waals surface area contributed by atoms with E-state index in [2.05, 4.69) is 24.1 Å². The molecule has 0 radical (unpaired) electrons. The van der Waals surface area contributed by atoms with E-state index >= 15 is 0 Å². The molecule has 0 bridgehead atoms. The molecule has 0 saturated carbocycles. The summed E-state index contributed by atoms with van der Waals surface area (Å²) in [5.41, 5.74) is -0.119. The van der Waals surface area contributed by atoms with Crippen LogP contribution >= 0.6 is 0 Å². The highest BCUT2D eigenvalue weighted by Gasteiger charge is 2.41. The topological polar surface area (TPSA) is 58.6 Å². The van der Waals surface area contributed by atoms with E-state index < -0.39 is 6.04 Å². The molecular formula is C13H24N2O3. The minimum Gasteiger partial charge on any atom is -0.469 e. The second-order valence-electron chi connectivity index (χ2n) is 5.65. The Morgan fingerprint density at radius 1 is 1.56 bits per heavy atom. The molecule has 0 aliphatic carbocycles. The molecule has 0 aromatic heterocycles. The van der Waals surface area contributed by atoms with Crippen LogP contribution in [0.2, 0.25) is 0 Å². The van der Waals surface area contributed by atoms with Crippen LogP contribution in [-0.4, -0.2) is 48.1 Å². The van der Waals surface area contributed by atoms with Crippen molar-refractivity contribution in [3.05, 3.63) is 0 Å². The predicted octanol–water partition coefficient (Wildman–Crippen LogP) is 0.927. The summed E-state index contributed by atoms with van der Waals surface area (Å²) in [4.78, 5) is 25.7. The lowest BCUT2D eigenvalue weighted by Gasteiger charge is -2.43. The van der Waals surface area contributed by atoms with Gasteiger partial charge in [-0.25, -0.2) is 0 Å². The third-order valence-corrected chi connectivity index (χ3v) is 3.52. The average molecular weight is 256 g/mol. The van der Waals surface area contributed by atoms with Gasteiger partial charge in [-0.05, 0) is 34.1 Å². The van der Waals surface area contributed by atoms with Crippen molar-refractivity contribution in [2.75, 3.05) is 13.7 Å². The van der Waals surface area contributed by atoms with Crippen molar-refractivity contribution in [1.29, 1.82) is 0 Å². The van der Waals surface area contributed by atoms with Gasteiger partial charge < -0.3 is 10.1 Å². The SMILES string of the molecule is COC(=O)CC1C(=O)NCCC(C)(C)N1C(C)C. The first kappa shape index (κ1) is 15.0. The van der Waals surface area contributed by atoms with E-state index in [1.807, 2.05) is 13.8 Å². The molecule has 18 heavy (non-hydrogen) atoms. The van der Waals surface area contributed by atoms with Crippen LogP contribution in [0.25, 0.3) is 0 Å². The third kappa shape index (κ3) is 3.22. The molecule has 1 amide bonds. The van der Waals surface area contributed by atoms with Crippen molar-refractivity contribution in [3.8, 4) is 0 Å². The number of nitrogens with one attached hydrogen (secondary N) is 1. The number of ether oxygens (including phenoxy) is 1. The molecule has 1 fully saturated rings. The van der Waals surface area contributed by atoms with Crippen LogP contribution in [0.15, 0.2) is 0 Å². The van der Waals surface area contributed by atoms with Crippen LogP contribution in [0.4, 0.5) is 0 Å². The maximum Gasteiger partial charge on any atom is 0.307 e. The summed E-state index contributed by atoms with van der Waals surface area (Å²) < 4.78 is 4.69. The van der Waals surface area contributed by atoms with Gasteiger partial charge in [0.05, 0.1) is 13.5 Å². The summed E-state index contributed by atoms with van der Waals surface area (Å²) >= 11 is 0. The van der Waals surface area contributed by atoms with Gasteiger partial charge in [0.25, 0.3) is 0 Å². The highest BCUT2D eigenvalue weighted by atomic mass is 16.5. The number of esters is 1. The van der Waals surface area contributed by atoms with Gasteiger partial charge in [-0.15, -0.1) is 0 Å². The molecule has 1 aliphatic rings. The zero-order valence-electron chi connectivity index (χ0n) is 11.9. The van der Waals surface area contributed by atoms with Crippen LogP contribution < -0.4 is 5.32 Å². The number of carbonyl (C=O) groups is 2. The van der Waals surface area contributed by atoms with E-state index in [-0.39, 0.29) is 29.9 Å². The number of methoxy groups -OCH3 is 1. The molecule has 1 saturated heterocycles. The summed E-state index contributed by atoms with van der Waals surface area (Å²) in [5.74, 6) is -0.432. The number of hydrogen-bond donors (Lipinski definition) is 1. The fraction of sp³-hybridized carbons (Fsp3) is 0.846. The van der Waals surface area contributed by atoms with Gasteiger partial charge in [0.1, 0.15) is 6.04 Å². The lowest BCUT2D eigenvalue weighted by Crippen LogP contribution is -2.56. The quantitative estimate of drug-likeness (QED) is 0.763. The molecule has 1 aliphatic heterocycles. The average Bonchev–Trinajstić information content (AvgIpc) is 2.36. The van der Waals surface area contributed by atoms with Crippen molar-refractivity contribution in [3.63, 3.8) is 0 Å². The Labute approximate surface area is 109 Å². The van der Waals surface area contributed by atoms with E-state index in [1.165, 1.54) is 7.11 Å². The smallest absolute Gasteiger partial charge is 0.307 e. The van der Waals surface area contributed by atoms with E-state index in [4.69, 9.17) is 4.74 Å². The van der Waals surface area contributed by atoms with Crippen molar-refractivity contribution >= 4 is 11.9 Å². The predicted molar refractivity (Wildman–Crippen MR) is 69.1 cm³/mol. The fourth-order valence-electron chi connectivity index (χ4n) is 2.78. The normalized spacial score (nSPS) is 24.6. The number of amides is 1. The van der Waals surface area contributed by atoms with Gasteiger partial charge in [0.2, 0.25) is 5.91 Å². The lowest BCUT2D eigenvalue weighted by molar-refractivity contribution is -0.146. The van der Waals surface area contributed by atoms with Crippen LogP contribution in [0.1, 0.15) is 40.5 Å². The largest absolute Gasteiger partial charge is 0.469 e. The zero-order chi connectivity index (χ0) is 13.9. The molecule has 5 nitrogen and oxygen atoms in total. The second kappa shape index (κ2) is 5.69. The molecule has 0 aromatic rings. The monoisotopic (exact) mass is 256 g/mol. The van der Waals surface area contributed by atoms with E-state index in [9.17, 15) is 9.59 Å². The van der Waals surface area contributed by atoms with Crippen LogP contribution in [0, 0.1) is 0 Å². The Morgan fingerprint density at radius 3 is 2.67 bits per heavy atom. The van der Waals surface area contributed by atoms with Crippen molar-refractivity contribution < 1.29 is 14.3 Å². The summed E-state index contributed by atoms with van der Waals surface area (Å²) in [6, 6.07) is -0.256. The lowest BCUT2D eigenvalue weighted by atomic mass is 9.94. The third-order valence-electron chi connectivity index (χ3n) is 3.52. The Kier molecular flexibility index (Phi) is 4.73. The molecule has 1 atom stereocenters. The molecule has 5 heteroatoms. The van der Waals surface area contributed by atoms with E-state index in [1.54, 1.807) is 0 Å². The first-order chi connectivity index (χ1) is 8.29. The van der Waals surface area contributed by atoms with Crippen LogP contribution in [0.3, 0.4) is 0 Å². The first-order valence-electron chi connectivity index (χ1n) is 6.42. The number of nitrogens with zero attached hydrogens (tertiary/aromatic N) is 1. The second-order valence-corrected chi connectivity index (χ2v) is 5.65. The molecule has 1 unspecified atom stereocenters. The number of rotatable bonds is 3. The number of hydrogen-bond acceptors (Lipinski definition) is 4. The summed E-state index contributed by atoms with van der Waals surface area (Å²) in [6.07, 6.45) is 0.971. The molecule has 104 valence electrons. The van der Waals surface area contributed by atoms with E-state index in [0.717, 1.165) is 6.42 Å².